The third-order valence-corrected chi connectivity index (χ3v) is 12.2. The fourth-order valence-electron chi connectivity index (χ4n) is 7.50. The molecular weight excluding hydrogens is 641 g/mol. The van der Waals surface area contributed by atoms with Crippen LogP contribution in [-0.2, 0) is 14.7 Å². The maximum absolute atomic E-state index is 6.65. The number of aryl methyl sites for hydroxylation is 1. The second-order valence-electron chi connectivity index (χ2n) is 15.3. The molecule has 0 amide bonds. The van der Waals surface area contributed by atoms with Crippen LogP contribution in [0.15, 0.2) is 128 Å². The summed E-state index contributed by atoms with van der Waals surface area (Å²) in [4.78, 5) is 3.65. The molecule has 0 spiro atoms. The summed E-state index contributed by atoms with van der Waals surface area (Å²) >= 11 is 1.86. The van der Waals surface area contributed by atoms with Gasteiger partial charge >= 0.3 is 7.12 Å². The van der Waals surface area contributed by atoms with Gasteiger partial charge in [-0.05, 0) is 134 Å². The lowest BCUT2D eigenvalue weighted by Gasteiger charge is -2.42. The van der Waals surface area contributed by atoms with E-state index in [1.54, 1.807) is 0 Å². The summed E-state index contributed by atoms with van der Waals surface area (Å²) in [7, 11) is -0.489. The molecular formula is C46H48BNO2S. The SMILES string of the molecule is C=CC1=C(C=C)C(C)(C)c2cc(-c3cc(B4OC(C)(C)C(C)(C)O4)cc(-c4ccc5sc(C)c(/C=C\CC)c5c4)c3)ccc2N1c1ccccc1. The molecule has 4 aromatic carbocycles. The van der Waals surface area contributed by atoms with E-state index in [2.05, 4.69) is 171 Å². The smallest absolute Gasteiger partial charge is 0.399 e. The summed E-state index contributed by atoms with van der Waals surface area (Å²) in [5, 5.41) is 1.29. The normalized spacial score (nSPS) is 17.7. The number of benzene rings is 4. The molecule has 0 bridgehead atoms. The molecule has 3 heterocycles. The Hall–Kier alpha value is -4.42. The molecule has 3 nitrogen and oxygen atoms in total. The van der Waals surface area contributed by atoms with Gasteiger partial charge in [0.05, 0.1) is 16.9 Å². The van der Waals surface area contributed by atoms with Gasteiger partial charge in [-0.15, -0.1) is 11.3 Å². The third kappa shape index (κ3) is 5.96. The van der Waals surface area contributed by atoms with Gasteiger partial charge < -0.3 is 14.2 Å². The Morgan fingerprint density at radius 3 is 2.04 bits per heavy atom. The van der Waals surface area contributed by atoms with Crippen LogP contribution in [-0.4, -0.2) is 18.3 Å². The van der Waals surface area contributed by atoms with E-state index in [1.807, 2.05) is 23.5 Å². The zero-order valence-electron chi connectivity index (χ0n) is 31.3. The molecule has 0 unspecified atom stereocenters. The third-order valence-electron chi connectivity index (χ3n) is 11.1. The molecule has 51 heavy (non-hydrogen) atoms. The molecule has 1 aromatic heterocycles. The van der Waals surface area contributed by atoms with Crippen LogP contribution in [0.5, 0.6) is 0 Å². The van der Waals surface area contributed by atoms with Crippen molar-refractivity contribution >= 4 is 51.5 Å². The molecule has 1 saturated heterocycles. The lowest BCUT2D eigenvalue weighted by molar-refractivity contribution is 0.00578. The molecule has 2 aliphatic heterocycles. The van der Waals surface area contributed by atoms with Crippen LogP contribution in [0.1, 0.15) is 70.9 Å². The minimum absolute atomic E-state index is 0.307. The topological polar surface area (TPSA) is 21.7 Å². The number of anilines is 2. The van der Waals surface area contributed by atoms with E-state index in [1.165, 1.54) is 31.7 Å². The van der Waals surface area contributed by atoms with E-state index in [-0.39, 0.29) is 5.41 Å². The molecule has 0 aliphatic carbocycles. The number of hydrogen-bond donors (Lipinski definition) is 0. The zero-order valence-corrected chi connectivity index (χ0v) is 32.1. The van der Waals surface area contributed by atoms with E-state index in [9.17, 15) is 0 Å². The quantitative estimate of drug-likeness (QED) is 0.151. The Bertz CT molecular complexity index is 2220. The molecule has 2 aliphatic rings. The number of fused-ring (bicyclic) bond motifs is 2. The first-order valence-corrected chi connectivity index (χ1v) is 18.8. The maximum Gasteiger partial charge on any atom is 0.494 e. The molecule has 0 radical (unpaired) electrons. The number of nitrogens with zero attached hydrogens (tertiary/aromatic N) is 1. The van der Waals surface area contributed by atoms with E-state index < -0.39 is 18.3 Å². The lowest BCUT2D eigenvalue weighted by atomic mass is 9.72. The zero-order chi connectivity index (χ0) is 36.3. The van der Waals surface area contributed by atoms with Crippen LogP contribution >= 0.6 is 11.3 Å². The first-order chi connectivity index (χ1) is 24.3. The maximum atomic E-state index is 6.65. The van der Waals surface area contributed by atoms with Gasteiger partial charge in [0.2, 0.25) is 0 Å². The highest BCUT2D eigenvalue weighted by Crippen LogP contribution is 2.50. The van der Waals surface area contributed by atoms with Crippen molar-refractivity contribution in [3.05, 3.63) is 144 Å². The number of para-hydroxylation sites is 1. The average molecular weight is 690 g/mol. The predicted octanol–water partition coefficient (Wildman–Crippen LogP) is 12.3. The summed E-state index contributed by atoms with van der Waals surface area (Å²) in [6, 6.07) is 31.1. The fourth-order valence-corrected chi connectivity index (χ4v) is 8.54. The van der Waals surface area contributed by atoms with Crippen molar-refractivity contribution in [3.63, 3.8) is 0 Å². The van der Waals surface area contributed by atoms with Gasteiger partial charge in [0.25, 0.3) is 0 Å². The first kappa shape index (κ1) is 35.0. The molecule has 7 rings (SSSR count). The van der Waals surface area contributed by atoms with E-state index in [0.29, 0.717) is 0 Å². The van der Waals surface area contributed by atoms with Crippen LogP contribution in [0.25, 0.3) is 38.4 Å². The van der Waals surface area contributed by atoms with Gasteiger partial charge in [-0.2, -0.15) is 0 Å². The second-order valence-corrected chi connectivity index (χ2v) is 16.5. The summed E-state index contributed by atoms with van der Waals surface area (Å²) in [5.41, 5.74) is 11.3. The molecule has 0 atom stereocenters. The summed E-state index contributed by atoms with van der Waals surface area (Å²) in [5.74, 6) is 0. The number of allylic oxidation sites excluding steroid dienone is 4. The lowest BCUT2D eigenvalue weighted by Crippen LogP contribution is -2.41. The molecule has 0 N–H and O–H groups in total. The number of thiophene rings is 1. The minimum atomic E-state index is -0.489. The second kappa shape index (κ2) is 13.0. The van der Waals surface area contributed by atoms with Crippen molar-refractivity contribution in [2.24, 2.45) is 0 Å². The van der Waals surface area contributed by atoms with Crippen LogP contribution in [0.4, 0.5) is 11.4 Å². The molecule has 5 heteroatoms. The molecule has 5 aromatic rings. The Labute approximate surface area is 308 Å². The summed E-state index contributed by atoms with van der Waals surface area (Å²) in [6.45, 7) is 25.9. The average Bonchev–Trinajstić information content (AvgIpc) is 3.55. The highest BCUT2D eigenvalue weighted by Gasteiger charge is 2.52. The van der Waals surface area contributed by atoms with Crippen LogP contribution in [0.3, 0.4) is 0 Å². The van der Waals surface area contributed by atoms with E-state index >= 15 is 0 Å². The Kier molecular flexibility index (Phi) is 8.90. The van der Waals surface area contributed by atoms with Crippen LogP contribution in [0, 0.1) is 6.92 Å². The van der Waals surface area contributed by atoms with Crippen molar-refractivity contribution in [2.45, 2.75) is 78.4 Å². The Morgan fingerprint density at radius 2 is 1.41 bits per heavy atom. The fraction of sp³-hybridized carbons (Fsp3) is 0.261. The number of rotatable bonds is 8. The minimum Gasteiger partial charge on any atom is -0.399 e. The van der Waals surface area contributed by atoms with Gasteiger partial charge in [0.1, 0.15) is 0 Å². The van der Waals surface area contributed by atoms with E-state index in [4.69, 9.17) is 9.31 Å². The summed E-state index contributed by atoms with van der Waals surface area (Å²) < 4.78 is 14.6. The van der Waals surface area contributed by atoms with E-state index in [0.717, 1.165) is 51.2 Å². The van der Waals surface area contributed by atoms with Gasteiger partial charge in [-0.1, -0.05) is 94.6 Å². The molecule has 1 fully saturated rings. The Balaban J connectivity index is 1.42. The van der Waals surface area contributed by atoms with Gasteiger partial charge in [-0.25, -0.2) is 0 Å². The predicted molar refractivity (Wildman–Crippen MR) is 222 cm³/mol. The monoisotopic (exact) mass is 689 g/mol. The van der Waals surface area contributed by atoms with Crippen LogP contribution < -0.4 is 10.4 Å². The first-order valence-electron chi connectivity index (χ1n) is 18.0. The molecule has 258 valence electrons. The van der Waals surface area contributed by atoms with Crippen molar-refractivity contribution < 1.29 is 9.31 Å². The van der Waals surface area contributed by atoms with Gasteiger partial charge in [0.15, 0.2) is 0 Å². The standard InChI is InChI=1S/C46H48BNO2S/c1-11-14-20-37-30(4)51-43-24-22-31(28-38(37)43)33-25-34(27-35(26-33)47-49-45(7,8)46(9,10)50-47)32-21-23-42-40(29-32)44(5,6)39(12-2)41(13-3)48(42)36-18-16-15-17-19-36/h12-29H,2-3,11H2,1,4-10H3/b20-14-. The van der Waals surface area contributed by atoms with Crippen molar-refractivity contribution in [1.29, 1.82) is 0 Å². The van der Waals surface area contributed by atoms with Gasteiger partial charge in [0, 0.05) is 31.8 Å². The number of hydrogen-bond acceptors (Lipinski definition) is 4. The van der Waals surface area contributed by atoms with Crippen molar-refractivity contribution in [2.75, 3.05) is 4.90 Å². The Morgan fingerprint density at radius 1 is 0.765 bits per heavy atom. The van der Waals surface area contributed by atoms with Crippen molar-refractivity contribution in [1.82, 2.24) is 0 Å². The van der Waals surface area contributed by atoms with Crippen LogP contribution in [0.2, 0.25) is 0 Å². The largest absolute Gasteiger partial charge is 0.494 e. The van der Waals surface area contributed by atoms with Crippen molar-refractivity contribution in [3.8, 4) is 22.3 Å². The molecule has 0 saturated carbocycles. The van der Waals surface area contributed by atoms with Gasteiger partial charge in [-0.3, -0.25) is 0 Å². The highest BCUT2D eigenvalue weighted by molar-refractivity contribution is 7.19. The highest BCUT2D eigenvalue weighted by atomic mass is 32.1. The summed E-state index contributed by atoms with van der Waals surface area (Å²) in [6.07, 6.45) is 9.49.